The maximum atomic E-state index is 13.6. The zero-order valence-corrected chi connectivity index (χ0v) is 16.9. The van der Waals surface area contributed by atoms with Gasteiger partial charge in [0.05, 0.1) is 17.4 Å². The first kappa shape index (κ1) is 17.7. The Labute approximate surface area is 175 Å². The van der Waals surface area contributed by atoms with Crippen molar-refractivity contribution in [1.82, 2.24) is 30.5 Å². The Kier molecular flexibility index (Phi) is 4.14. The van der Waals surface area contributed by atoms with Gasteiger partial charge in [-0.15, -0.1) is 11.3 Å². The minimum Gasteiger partial charge on any atom is -0.338 e. The highest BCUT2D eigenvalue weighted by atomic mass is 32.1. The van der Waals surface area contributed by atoms with Crippen LogP contribution in [0.2, 0.25) is 0 Å². The summed E-state index contributed by atoms with van der Waals surface area (Å²) < 4.78 is 13.6. The van der Waals surface area contributed by atoms with Gasteiger partial charge in [-0.1, -0.05) is 0 Å². The summed E-state index contributed by atoms with van der Waals surface area (Å²) in [7, 11) is 0. The second-order valence-electron chi connectivity index (χ2n) is 7.66. The van der Waals surface area contributed by atoms with E-state index < -0.39 is 0 Å². The second kappa shape index (κ2) is 7.00. The summed E-state index contributed by atoms with van der Waals surface area (Å²) in [5.74, 6) is 0.475. The SMILES string of the molecule is Fc1ccc(-c2ccnc3[nH]c(-c4n[nH]c5cnc(C6CCNCC6)cc45)cc23)s1. The van der Waals surface area contributed by atoms with E-state index in [1.165, 1.54) is 6.07 Å². The third-order valence-corrected chi connectivity index (χ3v) is 6.76. The normalized spacial score (nSPS) is 15.4. The minimum atomic E-state index is -0.193. The smallest absolute Gasteiger partial charge is 0.176 e. The standard InChI is InChI=1S/C22H19FN6S/c23-20-2-1-19(30-20)13-5-8-25-22-14(13)9-17(27-22)21-15-10-16(12-3-6-24-7-4-12)26-11-18(15)28-29-21/h1-2,5,8-12,24H,3-4,6-7H2,(H,25,27)(H,28,29). The lowest BCUT2D eigenvalue weighted by Crippen LogP contribution is -2.27. The van der Waals surface area contributed by atoms with Crippen molar-refractivity contribution in [2.24, 2.45) is 0 Å². The molecule has 5 aromatic rings. The van der Waals surface area contributed by atoms with Gasteiger partial charge in [-0.05, 0) is 56.3 Å². The second-order valence-corrected chi connectivity index (χ2v) is 8.69. The van der Waals surface area contributed by atoms with Gasteiger partial charge in [0.25, 0.3) is 0 Å². The van der Waals surface area contributed by atoms with E-state index in [-0.39, 0.29) is 5.13 Å². The Hall–Kier alpha value is -3.10. The van der Waals surface area contributed by atoms with Crippen LogP contribution in [0.1, 0.15) is 24.5 Å². The number of nitrogens with one attached hydrogen (secondary N) is 3. The highest BCUT2D eigenvalue weighted by Crippen LogP contribution is 2.36. The fourth-order valence-electron chi connectivity index (χ4n) is 4.31. The first-order valence-corrected chi connectivity index (χ1v) is 10.9. The van der Waals surface area contributed by atoms with E-state index in [0.29, 0.717) is 5.92 Å². The topological polar surface area (TPSA) is 82.3 Å². The number of thiophene rings is 1. The summed E-state index contributed by atoms with van der Waals surface area (Å²) in [5, 5.41) is 12.9. The lowest BCUT2D eigenvalue weighted by Gasteiger charge is -2.22. The van der Waals surface area contributed by atoms with Gasteiger partial charge in [0.15, 0.2) is 5.13 Å². The van der Waals surface area contributed by atoms with Crippen molar-refractivity contribution >= 4 is 33.3 Å². The van der Waals surface area contributed by atoms with Gasteiger partial charge in [-0.3, -0.25) is 10.1 Å². The fourth-order valence-corrected chi connectivity index (χ4v) is 5.08. The number of aromatic amines is 2. The van der Waals surface area contributed by atoms with Crippen LogP contribution in [0.25, 0.3) is 43.8 Å². The van der Waals surface area contributed by atoms with Crippen LogP contribution in [-0.4, -0.2) is 38.2 Å². The van der Waals surface area contributed by atoms with Crippen LogP contribution in [0.4, 0.5) is 4.39 Å². The van der Waals surface area contributed by atoms with Crippen LogP contribution in [-0.2, 0) is 0 Å². The third-order valence-electron chi connectivity index (χ3n) is 5.85. The molecule has 0 radical (unpaired) electrons. The predicted octanol–water partition coefficient (Wildman–Crippen LogP) is 4.84. The summed E-state index contributed by atoms with van der Waals surface area (Å²) in [6.45, 7) is 2.06. The van der Waals surface area contributed by atoms with E-state index in [1.807, 2.05) is 18.3 Å². The van der Waals surface area contributed by atoms with Gasteiger partial charge in [0, 0.05) is 39.0 Å². The number of nitrogens with zero attached hydrogens (tertiary/aromatic N) is 3. The Bertz CT molecular complexity index is 1360. The van der Waals surface area contributed by atoms with Crippen LogP contribution < -0.4 is 5.32 Å². The molecule has 0 spiro atoms. The average molecular weight is 419 g/mol. The number of fused-ring (bicyclic) bond motifs is 2. The first-order chi connectivity index (χ1) is 14.8. The molecule has 1 saturated heterocycles. The van der Waals surface area contributed by atoms with Gasteiger partial charge < -0.3 is 10.3 Å². The van der Waals surface area contributed by atoms with Gasteiger partial charge in [-0.2, -0.15) is 9.49 Å². The maximum Gasteiger partial charge on any atom is 0.176 e. The zero-order chi connectivity index (χ0) is 20.1. The Balaban J connectivity index is 1.47. The van der Waals surface area contributed by atoms with Crippen molar-refractivity contribution in [1.29, 1.82) is 0 Å². The Morgan fingerprint density at radius 1 is 1.03 bits per heavy atom. The van der Waals surface area contributed by atoms with Crippen LogP contribution in [0.5, 0.6) is 0 Å². The molecule has 8 heteroatoms. The fraction of sp³-hybridized carbons (Fsp3) is 0.227. The summed E-state index contributed by atoms with van der Waals surface area (Å²) in [4.78, 5) is 13.4. The summed E-state index contributed by atoms with van der Waals surface area (Å²) in [5.41, 5.74) is 5.50. The number of hydrogen-bond donors (Lipinski definition) is 3. The largest absolute Gasteiger partial charge is 0.338 e. The van der Waals surface area contributed by atoms with Crippen molar-refractivity contribution in [3.05, 3.63) is 53.6 Å². The maximum absolute atomic E-state index is 13.6. The lowest BCUT2D eigenvalue weighted by molar-refractivity contribution is 0.453. The third kappa shape index (κ3) is 2.91. The molecule has 30 heavy (non-hydrogen) atoms. The van der Waals surface area contributed by atoms with Crippen LogP contribution in [0.3, 0.4) is 0 Å². The molecule has 0 unspecified atom stereocenters. The van der Waals surface area contributed by atoms with E-state index >= 15 is 0 Å². The molecule has 5 aromatic heterocycles. The molecule has 0 saturated carbocycles. The molecular weight excluding hydrogens is 399 g/mol. The Morgan fingerprint density at radius 3 is 2.77 bits per heavy atom. The quantitative estimate of drug-likeness (QED) is 0.392. The number of pyridine rings is 2. The minimum absolute atomic E-state index is 0.193. The molecule has 1 fully saturated rings. The number of hydrogen-bond acceptors (Lipinski definition) is 5. The molecule has 3 N–H and O–H groups in total. The van der Waals surface area contributed by atoms with Crippen LogP contribution in [0.15, 0.2) is 42.7 Å². The van der Waals surface area contributed by atoms with E-state index in [2.05, 4.69) is 42.6 Å². The molecule has 1 aliphatic rings. The molecule has 6 nitrogen and oxygen atoms in total. The number of rotatable bonds is 3. The molecule has 0 aliphatic carbocycles. The van der Waals surface area contributed by atoms with Gasteiger partial charge >= 0.3 is 0 Å². The highest BCUT2D eigenvalue weighted by Gasteiger charge is 2.19. The number of H-pyrrole nitrogens is 2. The van der Waals surface area contributed by atoms with E-state index in [0.717, 1.165) is 86.7 Å². The van der Waals surface area contributed by atoms with E-state index in [9.17, 15) is 4.39 Å². The van der Waals surface area contributed by atoms with Crippen LogP contribution >= 0.6 is 11.3 Å². The molecule has 0 atom stereocenters. The molecule has 1 aliphatic heterocycles. The highest BCUT2D eigenvalue weighted by molar-refractivity contribution is 7.14. The van der Waals surface area contributed by atoms with Gasteiger partial charge in [0.2, 0.25) is 0 Å². The van der Waals surface area contributed by atoms with Crippen LogP contribution in [0, 0.1) is 5.13 Å². The molecule has 150 valence electrons. The molecular formula is C22H19FN6S. The summed E-state index contributed by atoms with van der Waals surface area (Å²) in [6.07, 6.45) is 5.83. The van der Waals surface area contributed by atoms with Crippen molar-refractivity contribution in [2.75, 3.05) is 13.1 Å². The lowest BCUT2D eigenvalue weighted by atomic mass is 9.93. The van der Waals surface area contributed by atoms with Crippen molar-refractivity contribution in [2.45, 2.75) is 18.8 Å². The van der Waals surface area contributed by atoms with Gasteiger partial charge in [-0.25, -0.2) is 4.98 Å². The monoisotopic (exact) mass is 418 g/mol. The molecule has 0 bridgehead atoms. The van der Waals surface area contributed by atoms with Crippen molar-refractivity contribution in [3.63, 3.8) is 0 Å². The first-order valence-electron chi connectivity index (χ1n) is 10.0. The summed E-state index contributed by atoms with van der Waals surface area (Å²) in [6, 6.07) is 9.44. The summed E-state index contributed by atoms with van der Waals surface area (Å²) >= 11 is 1.14. The van der Waals surface area contributed by atoms with Crippen molar-refractivity contribution < 1.29 is 4.39 Å². The number of piperidine rings is 1. The van der Waals surface area contributed by atoms with Gasteiger partial charge in [0.1, 0.15) is 11.3 Å². The number of aromatic nitrogens is 5. The molecule has 6 rings (SSSR count). The van der Waals surface area contributed by atoms with E-state index in [4.69, 9.17) is 0 Å². The van der Waals surface area contributed by atoms with Crippen molar-refractivity contribution in [3.8, 4) is 21.8 Å². The predicted molar refractivity (Wildman–Crippen MR) is 117 cm³/mol. The molecule has 0 aromatic carbocycles. The Morgan fingerprint density at radius 2 is 1.93 bits per heavy atom. The molecule has 6 heterocycles. The number of halogens is 1. The average Bonchev–Trinajstić information content (AvgIpc) is 3.51. The molecule has 0 amide bonds. The van der Waals surface area contributed by atoms with E-state index in [1.54, 1.807) is 6.20 Å². The zero-order valence-electron chi connectivity index (χ0n) is 16.1.